The number of aliphatic imine (C=N–C) groups is 1. The molecule has 2 aromatic heterocycles. The SMILES string of the molecule is N=C1/C(=C/c2cccn2-c2ccccc2F)C(=O)N=C2SC(Cc3cccs3)=NN12. The number of para-hydroxylation sites is 1. The molecule has 2 aliphatic rings. The van der Waals surface area contributed by atoms with Crippen LogP contribution in [0.25, 0.3) is 11.8 Å². The third kappa shape index (κ3) is 3.31. The lowest BCUT2D eigenvalue weighted by Gasteiger charge is -2.20. The molecule has 30 heavy (non-hydrogen) atoms. The topological polar surface area (TPSA) is 73.8 Å². The van der Waals surface area contributed by atoms with E-state index in [-0.39, 0.29) is 17.2 Å². The summed E-state index contributed by atoms with van der Waals surface area (Å²) in [7, 11) is 0. The highest BCUT2D eigenvalue weighted by Crippen LogP contribution is 2.30. The first-order valence-corrected chi connectivity index (χ1v) is 10.7. The second-order valence-corrected chi connectivity index (χ2v) is 8.60. The number of aromatic nitrogens is 1. The normalized spacial score (nSPS) is 17.4. The van der Waals surface area contributed by atoms with Gasteiger partial charge in [0, 0.05) is 23.2 Å². The average Bonchev–Trinajstić information content (AvgIpc) is 3.47. The number of halogens is 1. The van der Waals surface area contributed by atoms with Gasteiger partial charge in [-0.25, -0.2) is 4.39 Å². The lowest BCUT2D eigenvalue weighted by molar-refractivity contribution is -0.114. The van der Waals surface area contributed by atoms with Gasteiger partial charge in [0.15, 0.2) is 5.84 Å². The van der Waals surface area contributed by atoms with E-state index in [1.54, 1.807) is 58.5 Å². The van der Waals surface area contributed by atoms with Gasteiger partial charge in [-0.05, 0) is 53.5 Å². The van der Waals surface area contributed by atoms with E-state index in [1.807, 2.05) is 17.5 Å². The minimum absolute atomic E-state index is 0.0417. The Labute approximate surface area is 179 Å². The van der Waals surface area contributed by atoms with Crippen LogP contribution in [-0.2, 0) is 11.2 Å². The number of nitrogens with one attached hydrogen (secondary N) is 1. The summed E-state index contributed by atoms with van der Waals surface area (Å²) in [5.74, 6) is -0.926. The van der Waals surface area contributed by atoms with Crippen LogP contribution in [0, 0.1) is 11.2 Å². The van der Waals surface area contributed by atoms with Crippen molar-refractivity contribution in [2.45, 2.75) is 6.42 Å². The molecule has 4 heterocycles. The summed E-state index contributed by atoms with van der Waals surface area (Å²) in [6.45, 7) is 0. The highest BCUT2D eigenvalue weighted by Gasteiger charge is 2.35. The number of hydrazone groups is 1. The van der Waals surface area contributed by atoms with Gasteiger partial charge in [-0.2, -0.15) is 15.1 Å². The molecule has 0 unspecified atom stereocenters. The van der Waals surface area contributed by atoms with Crippen LogP contribution in [0.4, 0.5) is 4.39 Å². The van der Waals surface area contributed by atoms with Gasteiger partial charge in [-0.15, -0.1) is 11.3 Å². The highest BCUT2D eigenvalue weighted by molar-refractivity contribution is 8.27. The van der Waals surface area contributed by atoms with Gasteiger partial charge in [-0.1, -0.05) is 18.2 Å². The number of hydrogen-bond acceptors (Lipinski definition) is 5. The second kappa shape index (κ2) is 7.51. The van der Waals surface area contributed by atoms with Crippen molar-refractivity contribution in [2.75, 3.05) is 0 Å². The van der Waals surface area contributed by atoms with Gasteiger partial charge in [0.25, 0.3) is 5.91 Å². The minimum Gasteiger partial charge on any atom is -0.314 e. The van der Waals surface area contributed by atoms with E-state index in [4.69, 9.17) is 5.41 Å². The number of amidine groups is 2. The van der Waals surface area contributed by atoms with E-state index in [1.165, 1.54) is 22.8 Å². The Morgan fingerprint density at radius 1 is 1.13 bits per heavy atom. The molecule has 148 valence electrons. The fraction of sp³-hybridized carbons (Fsp3) is 0.0476. The summed E-state index contributed by atoms with van der Waals surface area (Å²) >= 11 is 2.93. The fourth-order valence-electron chi connectivity index (χ4n) is 3.19. The molecule has 1 amide bonds. The number of benzene rings is 1. The molecule has 0 spiro atoms. The molecule has 2 aliphatic heterocycles. The molecule has 0 atom stereocenters. The highest BCUT2D eigenvalue weighted by atomic mass is 32.2. The van der Waals surface area contributed by atoms with E-state index in [9.17, 15) is 9.18 Å². The average molecular weight is 436 g/mol. The summed E-state index contributed by atoms with van der Waals surface area (Å²) in [5.41, 5.74) is 1.04. The van der Waals surface area contributed by atoms with E-state index in [2.05, 4.69) is 10.1 Å². The van der Waals surface area contributed by atoms with Crippen LogP contribution in [0.3, 0.4) is 0 Å². The zero-order chi connectivity index (χ0) is 20.7. The van der Waals surface area contributed by atoms with Crippen molar-refractivity contribution in [3.05, 3.63) is 82.1 Å². The van der Waals surface area contributed by atoms with Crippen LogP contribution in [0.2, 0.25) is 0 Å². The number of carbonyl (C=O) groups is 1. The number of hydrogen-bond donors (Lipinski definition) is 1. The van der Waals surface area contributed by atoms with Crippen molar-refractivity contribution < 1.29 is 9.18 Å². The molecule has 0 bridgehead atoms. The summed E-state index contributed by atoms with van der Waals surface area (Å²) in [4.78, 5) is 17.9. The maximum Gasteiger partial charge on any atom is 0.283 e. The Morgan fingerprint density at radius 3 is 2.80 bits per heavy atom. The van der Waals surface area contributed by atoms with Crippen molar-refractivity contribution >= 4 is 51.1 Å². The van der Waals surface area contributed by atoms with Gasteiger partial charge in [0.05, 0.1) is 11.3 Å². The van der Waals surface area contributed by atoms with Crippen molar-refractivity contribution in [3.8, 4) is 5.69 Å². The number of rotatable bonds is 4. The third-order valence-corrected chi connectivity index (χ3v) is 6.37. The molecule has 6 nitrogen and oxygen atoms in total. The molecule has 9 heteroatoms. The quantitative estimate of drug-likeness (QED) is 0.612. The predicted octanol–water partition coefficient (Wildman–Crippen LogP) is 4.54. The summed E-state index contributed by atoms with van der Waals surface area (Å²) in [5, 5.41) is 17.6. The summed E-state index contributed by atoms with van der Waals surface area (Å²) < 4.78 is 15.9. The molecule has 0 radical (unpaired) electrons. The summed E-state index contributed by atoms with van der Waals surface area (Å²) in [6.07, 6.45) is 3.89. The van der Waals surface area contributed by atoms with Gasteiger partial charge in [0.2, 0.25) is 5.17 Å². The second-order valence-electron chi connectivity index (χ2n) is 6.52. The van der Waals surface area contributed by atoms with Gasteiger partial charge in [-0.3, -0.25) is 10.2 Å². The molecular weight excluding hydrogens is 421 g/mol. The van der Waals surface area contributed by atoms with Crippen LogP contribution < -0.4 is 0 Å². The molecule has 3 aromatic rings. The Bertz CT molecular complexity index is 1260. The van der Waals surface area contributed by atoms with Crippen LogP contribution in [0.5, 0.6) is 0 Å². The van der Waals surface area contributed by atoms with Crippen molar-refractivity contribution in [1.82, 2.24) is 9.58 Å². The zero-order valence-electron chi connectivity index (χ0n) is 15.4. The maximum atomic E-state index is 14.2. The number of nitrogens with zero attached hydrogens (tertiary/aromatic N) is 4. The maximum absolute atomic E-state index is 14.2. The smallest absolute Gasteiger partial charge is 0.283 e. The first kappa shape index (κ1) is 18.7. The molecule has 0 saturated carbocycles. The van der Waals surface area contributed by atoms with E-state index >= 15 is 0 Å². The summed E-state index contributed by atoms with van der Waals surface area (Å²) in [6, 6.07) is 13.9. The number of fused-ring (bicyclic) bond motifs is 1. The zero-order valence-corrected chi connectivity index (χ0v) is 17.1. The Hall–Kier alpha value is -3.30. The minimum atomic E-state index is -0.507. The molecule has 1 aromatic carbocycles. The van der Waals surface area contributed by atoms with E-state index in [0.29, 0.717) is 23.0 Å². The number of thioether (sulfide) groups is 1. The van der Waals surface area contributed by atoms with Crippen molar-refractivity contribution in [2.24, 2.45) is 10.1 Å². The molecule has 0 aliphatic carbocycles. The van der Waals surface area contributed by atoms with Crippen molar-refractivity contribution in [1.29, 1.82) is 5.41 Å². The molecular formula is C21H14FN5OS2. The number of amides is 1. The standard InChI is InChI=1S/C21H14FN5OS2/c22-16-7-1-2-8-17(16)26-9-3-5-13(26)11-15-19(23)27-21(24-20(15)28)30-18(25-27)12-14-6-4-10-29-14/h1-11,23H,12H2/b15-11-,23-19?. The third-order valence-electron chi connectivity index (χ3n) is 4.59. The lowest BCUT2D eigenvalue weighted by atomic mass is 10.1. The van der Waals surface area contributed by atoms with Crippen LogP contribution in [0.1, 0.15) is 10.6 Å². The largest absolute Gasteiger partial charge is 0.314 e. The Kier molecular flexibility index (Phi) is 4.68. The van der Waals surface area contributed by atoms with E-state index in [0.717, 1.165) is 9.92 Å². The van der Waals surface area contributed by atoms with Crippen LogP contribution >= 0.6 is 23.1 Å². The molecule has 1 N–H and O–H groups in total. The predicted molar refractivity (Wildman–Crippen MR) is 119 cm³/mol. The molecule has 0 fully saturated rings. The monoisotopic (exact) mass is 435 g/mol. The van der Waals surface area contributed by atoms with Gasteiger partial charge in [0.1, 0.15) is 10.9 Å². The van der Waals surface area contributed by atoms with E-state index < -0.39 is 5.91 Å². The Balaban J connectivity index is 1.48. The first-order valence-electron chi connectivity index (χ1n) is 9.04. The number of carbonyl (C=O) groups excluding carboxylic acids is 1. The first-order chi connectivity index (χ1) is 14.6. The lowest BCUT2D eigenvalue weighted by Crippen LogP contribution is -2.35. The molecule has 5 rings (SSSR count). The van der Waals surface area contributed by atoms with Gasteiger partial charge >= 0.3 is 0 Å². The van der Waals surface area contributed by atoms with Crippen LogP contribution in [0.15, 0.2) is 75.8 Å². The molecule has 0 saturated heterocycles. The Morgan fingerprint density at radius 2 is 2.00 bits per heavy atom. The fourth-order valence-corrected chi connectivity index (χ4v) is 4.90. The van der Waals surface area contributed by atoms with Crippen molar-refractivity contribution in [3.63, 3.8) is 0 Å². The van der Waals surface area contributed by atoms with Gasteiger partial charge < -0.3 is 4.57 Å². The number of thiophene rings is 1. The van der Waals surface area contributed by atoms with Crippen LogP contribution in [-0.4, -0.2) is 31.5 Å².